The first-order valence-corrected chi connectivity index (χ1v) is 7.58. The van der Waals surface area contributed by atoms with E-state index in [1.165, 1.54) is 0 Å². The lowest BCUT2D eigenvalue weighted by Crippen LogP contribution is -1.99. The van der Waals surface area contributed by atoms with Crippen molar-refractivity contribution in [2.24, 2.45) is 0 Å². The van der Waals surface area contributed by atoms with Gasteiger partial charge in [-0.1, -0.05) is 64.5 Å². The maximum Gasteiger partial charge on any atom is 0.120 e. The molecule has 0 aliphatic carbocycles. The molecule has 0 amide bonds. The summed E-state index contributed by atoms with van der Waals surface area (Å²) in [5, 5.41) is 12.5. The fourth-order valence-corrected chi connectivity index (χ4v) is 2.97. The van der Waals surface area contributed by atoms with Gasteiger partial charge in [0.2, 0.25) is 0 Å². The van der Waals surface area contributed by atoms with Gasteiger partial charge in [0.15, 0.2) is 0 Å². The van der Waals surface area contributed by atoms with Crippen molar-refractivity contribution in [3.05, 3.63) is 88.9 Å². The van der Waals surface area contributed by atoms with Gasteiger partial charge in [0.1, 0.15) is 5.75 Å². The van der Waals surface area contributed by atoms with E-state index >= 15 is 0 Å². The summed E-state index contributed by atoms with van der Waals surface area (Å²) in [4.78, 5) is 0. The molecule has 1 nitrogen and oxygen atoms in total. The Balaban J connectivity index is 2.23. The average molecular weight is 339 g/mol. The number of halogens is 1. The van der Waals surface area contributed by atoms with E-state index in [1.54, 1.807) is 6.07 Å². The highest BCUT2D eigenvalue weighted by molar-refractivity contribution is 9.10. The highest BCUT2D eigenvalue weighted by atomic mass is 79.9. The Kier molecular flexibility index (Phi) is 3.80. The van der Waals surface area contributed by atoms with Crippen molar-refractivity contribution in [1.82, 2.24) is 0 Å². The van der Waals surface area contributed by atoms with Crippen LogP contribution in [-0.2, 0) is 0 Å². The summed E-state index contributed by atoms with van der Waals surface area (Å²) in [6.45, 7) is 3.96. The number of rotatable bonds is 3. The van der Waals surface area contributed by atoms with Crippen LogP contribution >= 0.6 is 15.9 Å². The molecule has 1 unspecified atom stereocenters. The van der Waals surface area contributed by atoms with E-state index < -0.39 is 0 Å². The molecule has 0 aliphatic heterocycles. The van der Waals surface area contributed by atoms with E-state index in [1.807, 2.05) is 42.5 Å². The normalized spacial score (nSPS) is 12.2. The van der Waals surface area contributed by atoms with E-state index in [9.17, 15) is 5.11 Å². The number of fused-ring (bicyclic) bond motifs is 1. The Morgan fingerprint density at radius 2 is 1.67 bits per heavy atom. The van der Waals surface area contributed by atoms with Gasteiger partial charge in [-0.05, 0) is 34.5 Å². The van der Waals surface area contributed by atoms with Gasteiger partial charge in [0.05, 0.1) is 0 Å². The summed E-state index contributed by atoms with van der Waals surface area (Å²) in [7, 11) is 0. The van der Waals surface area contributed by atoms with Crippen LogP contribution in [0.4, 0.5) is 0 Å². The van der Waals surface area contributed by atoms with Gasteiger partial charge < -0.3 is 5.11 Å². The number of phenols is 1. The molecule has 0 radical (unpaired) electrons. The summed E-state index contributed by atoms with van der Waals surface area (Å²) in [6, 6.07) is 19.9. The van der Waals surface area contributed by atoms with Crippen LogP contribution in [-0.4, -0.2) is 5.11 Å². The van der Waals surface area contributed by atoms with Crippen molar-refractivity contribution >= 4 is 26.7 Å². The Morgan fingerprint density at radius 3 is 2.38 bits per heavy atom. The molecule has 3 aromatic rings. The summed E-state index contributed by atoms with van der Waals surface area (Å²) >= 11 is 3.45. The first kappa shape index (κ1) is 13.9. The minimum absolute atomic E-state index is 0.0378. The summed E-state index contributed by atoms with van der Waals surface area (Å²) < 4.78 is 1.04. The quantitative estimate of drug-likeness (QED) is 0.614. The molecular weight excluding hydrogens is 324 g/mol. The van der Waals surface area contributed by atoms with Gasteiger partial charge in [0, 0.05) is 16.0 Å². The fraction of sp³-hybridized carbons (Fsp3) is 0.0526. The molecular formula is C19H15BrO. The lowest BCUT2D eigenvalue weighted by atomic mass is 9.87. The van der Waals surface area contributed by atoms with Gasteiger partial charge in [-0.2, -0.15) is 0 Å². The molecule has 0 bridgehead atoms. The van der Waals surface area contributed by atoms with E-state index in [0.29, 0.717) is 5.75 Å². The van der Waals surface area contributed by atoms with Gasteiger partial charge in [-0.3, -0.25) is 0 Å². The van der Waals surface area contributed by atoms with E-state index in [-0.39, 0.29) is 5.92 Å². The van der Waals surface area contributed by atoms with Crippen molar-refractivity contribution in [3.8, 4) is 5.75 Å². The highest BCUT2D eigenvalue weighted by Crippen LogP contribution is 2.37. The number of hydrogen-bond donors (Lipinski definition) is 1. The van der Waals surface area contributed by atoms with Crippen molar-refractivity contribution in [3.63, 3.8) is 0 Å². The predicted octanol–water partition coefficient (Wildman–Crippen LogP) is 5.63. The van der Waals surface area contributed by atoms with Gasteiger partial charge in [0.25, 0.3) is 0 Å². The van der Waals surface area contributed by atoms with Crippen molar-refractivity contribution in [1.29, 1.82) is 0 Å². The zero-order chi connectivity index (χ0) is 14.8. The molecule has 1 atom stereocenters. The summed E-state index contributed by atoms with van der Waals surface area (Å²) in [5.74, 6) is 0.269. The van der Waals surface area contributed by atoms with Gasteiger partial charge in [-0.25, -0.2) is 0 Å². The molecule has 0 saturated carbocycles. The minimum atomic E-state index is -0.0378. The molecule has 0 aliphatic rings. The number of allylic oxidation sites excluding steroid dienone is 1. The zero-order valence-electron chi connectivity index (χ0n) is 11.5. The first-order chi connectivity index (χ1) is 10.2. The first-order valence-electron chi connectivity index (χ1n) is 6.79. The lowest BCUT2D eigenvalue weighted by molar-refractivity contribution is 0.469. The number of benzene rings is 3. The zero-order valence-corrected chi connectivity index (χ0v) is 13.0. The monoisotopic (exact) mass is 338 g/mol. The van der Waals surface area contributed by atoms with E-state index in [0.717, 1.165) is 26.4 Å². The van der Waals surface area contributed by atoms with Crippen molar-refractivity contribution in [2.45, 2.75) is 5.92 Å². The third kappa shape index (κ3) is 2.59. The number of hydrogen-bond acceptors (Lipinski definition) is 1. The van der Waals surface area contributed by atoms with Crippen molar-refractivity contribution in [2.75, 3.05) is 0 Å². The van der Waals surface area contributed by atoms with Crippen LogP contribution in [0.2, 0.25) is 0 Å². The Bertz CT molecular complexity index is 790. The van der Waals surface area contributed by atoms with Gasteiger partial charge >= 0.3 is 0 Å². The average Bonchev–Trinajstić information content (AvgIpc) is 2.52. The Hall–Kier alpha value is -2.06. The molecule has 0 aromatic heterocycles. The minimum Gasteiger partial charge on any atom is -0.508 e. The molecule has 1 N–H and O–H groups in total. The van der Waals surface area contributed by atoms with Crippen LogP contribution < -0.4 is 0 Å². The van der Waals surface area contributed by atoms with Crippen LogP contribution in [0.1, 0.15) is 17.0 Å². The number of phenolic OH excluding ortho intramolecular Hbond substituents is 1. The number of aromatic hydroxyl groups is 1. The van der Waals surface area contributed by atoms with Crippen LogP contribution in [0, 0.1) is 0 Å². The maximum atomic E-state index is 10.4. The van der Waals surface area contributed by atoms with Crippen LogP contribution in [0.15, 0.2) is 77.8 Å². The SMILES string of the molecule is C=CC(c1ccc(Br)cc1)c1c(O)ccc2ccccc12. The van der Waals surface area contributed by atoms with E-state index in [4.69, 9.17) is 0 Å². The Morgan fingerprint density at radius 1 is 0.952 bits per heavy atom. The van der Waals surface area contributed by atoms with Crippen LogP contribution in [0.25, 0.3) is 10.8 Å². The molecule has 21 heavy (non-hydrogen) atoms. The van der Waals surface area contributed by atoms with Gasteiger partial charge in [-0.15, -0.1) is 6.58 Å². The van der Waals surface area contributed by atoms with Crippen LogP contribution in [0.5, 0.6) is 5.75 Å². The fourth-order valence-electron chi connectivity index (χ4n) is 2.70. The molecule has 0 spiro atoms. The standard InChI is InChI=1S/C19H15BrO/c1-2-16(14-7-10-15(20)11-8-14)19-17-6-4-3-5-13(17)9-12-18(19)21/h2-12,16,21H,1H2. The molecule has 104 valence electrons. The second kappa shape index (κ2) is 5.74. The van der Waals surface area contributed by atoms with Crippen molar-refractivity contribution < 1.29 is 5.11 Å². The largest absolute Gasteiger partial charge is 0.508 e. The second-order valence-electron chi connectivity index (χ2n) is 4.98. The molecule has 0 heterocycles. The summed E-state index contributed by atoms with van der Waals surface area (Å²) in [6.07, 6.45) is 1.88. The summed E-state index contributed by atoms with van der Waals surface area (Å²) in [5.41, 5.74) is 2.02. The molecule has 3 rings (SSSR count). The Labute approximate surface area is 132 Å². The highest BCUT2D eigenvalue weighted by Gasteiger charge is 2.17. The molecule has 0 saturated heterocycles. The molecule has 0 fully saturated rings. The van der Waals surface area contributed by atoms with Crippen LogP contribution in [0.3, 0.4) is 0 Å². The second-order valence-corrected chi connectivity index (χ2v) is 5.90. The molecule has 2 heteroatoms. The third-order valence-corrected chi connectivity index (χ3v) is 4.25. The van der Waals surface area contributed by atoms with E-state index in [2.05, 4.69) is 40.7 Å². The molecule has 3 aromatic carbocycles. The smallest absolute Gasteiger partial charge is 0.120 e. The topological polar surface area (TPSA) is 20.2 Å². The maximum absolute atomic E-state index is 10.4. The lowest BCUT2D eigenvalue weighted by Gasteiger charge is -2.18. The third-order valence-electron chi connectivity index (χ3n) is 3.72. The predicted molar refractivity (Wildman–Crippen MR) is 91.8 cm³/mol.